The van der Waals surface area contributed by atoms with Crippen LogP contribution < -0.4 is 5.32 Å². The van der Waals surface area contributed by atoms with Gasteiger partial charge in [-0.2, -0.15) is 0 Å². The van der Waals surface area contributed by atoms with E-state index in [9.17, 15) is 4.79 Å². The molecule has 0 aliphatic heterocycles. The fourth-order valence-corrected chi connectivity index (χ4v) is 6.87. The zero-order valence-electron chi connectivity index (χ0n) is 17.0. The van der Waals surface area contributed by atoms with Crippen LogP contribution in [0.2, 0.25) is 0 Å². The molecule has 5 heteroatoms. The van der Waals surface area contributed by atoms with E-state index in [0.717, 1.165) is 47.6 Å². The molecule has 1 aromatic heterocycles. The van der Waals surface area contributed by atoms with Gasteiger partial charge in [0.25, 0.3) is 0 Å². The molecule has 4 aliphatic rings. The van der Waals surface area contributed by atoms with Crippen molar-refractivity contribution in [2.24, 2.45) is 23.2 Å². The number of aromatic nitrogens is 2. The number of anilines is 1. The first-order valence-corrected chi connectivity index (χ1v) is 11.4. The molecule has 4 aliphatic carbocycles. The third-order valence-corrected chi connectivity index (χ3v) is 8.05. The lowest BCUT2D eigenvalue weighted by molar-refractivity contribution is -0.140. The van der Waals surface area contributed by atoms with E-state index >= 15 is 0 Å². The molecule has 148 valence electrons. The van der Waals surface area contributed by atoms with Gasteiger partial charge < -0.3 is 5.32 Å². The van der Waals surface area contributed by atoms with Crippen LogP contribution in [0.3, 0.4) is 0 Å². The van der Waals surface area contributed by atoms with Crippen LogP contribution in [-0.4, -0.2) is 16.1 Å². The van der Waals surface area contributed by atoms with Crippen molar-refractivity contribution in [1.29, 1.82) is 0 Å². The number of carbonyl (C=O) groups is 1. The quantitative estimate of drug-likeness (QED) is 0.730. The molecule has 4 nitrogen and oxygen atoms in total. The van der Waals surface area contributed by atoms with Gasteiger partial charge in [0.2, 0.25) is 11.0 Å². The van der Waals surface area contributed by atoms with Crippen LogP contribution in [0.15, 0.2) is 24.3 Å². The topological polar surface area (TPSA) is 54.9 Å². The fraction of sp³-hybridized carbons (Fsp3) is 0.609. The van der Waals surface area contributed by atoms with E-state index in [4.69, 9.17) is 0 Å². The van der Waals surface area contributed by atoms with Crippen molar-refractivity contribution >= 4 is 22.4 Å². The third kappa shape index (κ3) is 3.18. The number of amides is 1. The van der Waals surface area contributed by atoms with Gasteiger partial charge in [0.1, 0.15) is 5.01 Å². The molecule has 4 fully saturated rings. The molecule has 0 radical (unpaired) electrons. The summed E-state index contributed by atoms with van der Waals surface area (Å²) in [6.07, 6.45) is 7.26. The number of hydrogen-bond acceptors (Lipinski definition) is 4. The van der Waals surface area contributed by atoms with Crippen LogP contribution in [-0.2, 0) is 10.2 Å². The van der Waals surface area contributed by atoms with Crippen LogP contribution >= 0.6 is 11.3 Å². The first kappa shape index (κ1) is 18.3. The molecular weight excluding hydrogens is 366 g/mol. The lowest BCUT2D eigenvalue weighted by atomic mass is 9.49. The number of nitrogens with zero attached hydrogens (tertiary/aromatic N) is 2. The largest absolute Gasteiger partial charge is 0.300 e. The van der Waals surface area contributed by atoms with Crippen molar-refractivity contribution in [2.45, 2.75) is 64.7 Å². The van der Waals surface area contributed by atoms with Gasteiger partial charge in [-0.1, -0.05) is 56.4 Å². The molecule has 0 atom stereocenters. The summed E-state index contributed by atoms with van der Waals surface area (Å²) < 4.78 is 0. The molecule has 1 N–H and O–H groups in total. The average Bonchev–Trinajstić information content (AvgIpc) is 3.08. The van der Waals surface area contributed by atoms with Crippen molar-refractivity contribution < 1.29 is 4.79 Å². The van der Waals surface area contributed by atoms with Gasteiger partial charge in [-0.25, -0.2) is 0 Å². The number of hydrogen-bond donors (Lipinski definition) is 1. The molecule has 2 aromatic rings. The van der Waals surface area contributed by atoms with Gasteiger partial charge in [0.15, 0.2) is 0 Å². The lowest BCUT2D eigenvalue weighted by Crippen LogP contribution is -2.51. The Bertz CT molecular complexity index is 858. The van der Waals surface area contributed by atoms with Crippen molar-refractivity contribution in [3.05, 3.63) is 29.8 Å². The Morgan fingerprint density at radius 3 is 2.11 bits per heavy atom. The normalized spacial score (nSPS) is 31.2. The summed E-state index contributed by atoms with van der Waals surface area (Å²) in [6.45, 7) is 6.64. The number of rotatable bonds is 3. The SMILES string of the molecule is CC(C)(C)c1ccc(-c2nnc(NC(=O)C34CC5CC(CC(C5)C3)C4)s2)cc1. The zero-order valence-corrected chi connectivity index (χ0v) is 17.8. The van der Waals surface area contributed by atoms with Gasteiger partial charge in [-0.3, -0.25) is 4.79 Å². The first-order chi connectivity index (χ1) is 13.3. The van der Waals surface area contributed by atoms with Crippen LogP contribution in [0.5, 0.6) is 0 Å². The highest BCUT2D eigenvalue weighted by molar-refractivity contribution is 7.18. The summed E-state index contributed by atoms with van der Waals surface area (Å²) >= 11 is 1.48. The molecule has 1 aromatic carbocycles. The van der Waals surface area contributed by atoms with Crippen molar-refractivity contribution in [3.63, 3.8) is 0 Å². The smallest absolute Gasteiger partial charge is 0.232 e. The molecule has 28 heavy (non-hydrogen) atoms. The maximum absolute atomic E-state index is 13.2. The van der Waals surface area contributed by atoms with Gasteiger partial charge in [0.05, 0.1) is 5.41 Å². The average molecular weight is 396 g/mol. The van der Waals surface area contributed by atoms with Gasteiger partial charge in [0, 0.05) is 5.56 Å². The molecular formula is C23H29N3OS. The van der Waals surface area contributed by atoms with E-state index in [1.54, 1.807) is 0 Å². The van der Waals surface area contributed by atoms with Crippen LogP contribution in [0.4, 0.5) is 5.13 Å². The third-order valence-electron chi connectivity index (χ3n) is 7.16. The predicted molar refractivity (Wildman–Crippen MR) is 113 cm³/mol. The van der Waals surface area contributed by atoms with E-state index < -0.39 is 0 Å². The van der Waals surface area contributed by atoms with Crippen LogP contribution in [0, 0.1) is 23.2 Å². The summed E-state index contributed by atoms with van der Waals surface area (Å²) in [7, 11) is 0. The molecule has 0 spiro atoms. The summed E-state index contributed by atoms with van der Waals surface area (Å²) in [5.74, 6) is 2.49. The second-order valence-electron chi connectivity index (χ2n) is 10.4. The van der Waals surface area contributed by atoms with Gasteiger partial charge in [-0.05, 0) is 67.3 Å². The minimum atomic E-state index is -0.144. The van der Waals surface area contributed by atoms with E-state index in [2.05, 4.69) is 60.6 Å². The Kier molecular flexibility index (Phi) is 4.17. The maximum Gasteiger partial charge on any atom is 0.232 e. The predicted octanol–water partition coefficient (Wildman–Crippen LogP) is 5.66. The Morgan fingerprint density at radius 2 is 1.57 bits per heavy atom. The monoisotopic (exact) mass is 395 g/mol. The van der Waals surface area contributed by atoms with E-state index in [0.29, 0.717) is 5.13 Å². The summed E-state index contributed by atoms with van der Waals surface area (Å²) in [4.78, 5) is 13.2. The Morgan fingerprint density at radius 1 is 1.00 bits per heavy atom. The Balaban J connectivity index is 1.31. The Labute approximate surface area is 171 Å². The minimum absolute atomic E-state index is 0.136. The second kappa shape index (κ2) is 6.38. The van der Waals surface area contributed by atoms with Crippen molar-refractivity contribution in [3.8, 4) is 10.6 Å². The standard InChI is InChI=1S/C23H29N3OS/c1-22(2,3)18-6-4-17(5-7-18)19-25-26-21(28-19)24-20(27)23-11-14-8-15(12-23)10-16(9-14)13-23/h4-7,14-16H,8-13H2,1-3H3,(H,24,26,27). The molecule has 1 heterocycles. The number of nitrogens with one attached hydrogen (secondary N) is 1. The second-order valence-corrected chi connectivity index (χ2v) is 11.4. The van der Waals surface area contributed by atoms with Gasteiger partial charge >= 0.3 is 0 Å². The highest BCUT2D eigenvalue weighted by Crippen LogP contribution is 2.60. The molecule has 1 amide bonds. The number of carbonyl (C=O) groups excluding carboxylic acids is 1. The van der Waals surface area contributed by atoms with Crippen molar-refractivity contribution in [1.82, 2.24) is 10.2 Å². The maximum atomic E-state index is 13.2. The Hall–Kier alpha value is -1.75. The van der Waals surface area contributed by atoms with Gasteiger partial charge in [-0.15, -0.1) is 10.2 Å². The molecule has 4 saturated carbocycles. The summed E-state index contributed by atoms with van der Waals surface area (Å²) in [6, 6.07) is 8.52. The molecule has 6 rings (SSSR count). The molecule has 4 bridgehead atoms. The summed E-state index contributed by atoms with van der Waals surface area (Å²) in [5.41, 5.74) is 2.35. The van der Waals surface area contributed by atoms with Crippen molar-refractivity contribution in [2.75, 3.05) is 5.32 Å². The number of benzene rings is 1. The molecule has 0 unspecified atom stereocenters. The van der Waals surface area contributed by atoms with E-state index in [-0.39, 0.29) is 16.7 Å². The highest BCUT2D eigenvalue weighted by Gasteiger charge is 2.54. The van der Waals surface area contributed by atoms with Crippen LogP contribution in [0.25, 0.3) is 10.6 Å². The zero-order chi connectivity index (χ0) is 19.5. The van der Waals surface area contributed by atoms with Crippen LogP contribution in [0.1, 0.15) is 64.9 Å². The molecule has 0 saturated heterocycles. The first-order valence-electron chi connectivity index (χ1n) is 10.6. The minimum Gasteiger partial charge on any atom is -0.300 e. The lowest BCUT2D eigenvalue weighted by Gasteiger charge is -2.55. The van der Waals surface area contributed by atoms with E-state index in [1.807, 2.05) is 0 Å². The summed E-state index contributed by atoms with van der Waals surface area (Å²) in [5, 5.41) is 13.2. The highest BCUT2D eigenvalue weighted by atomic mass is 32.1. The fourth-order valence-electron chi connectivity index (χ4n) is 6.12. The van der Waals surface area contributed by atoms with E-state index in [1.165, 1.54) is 36.2 Å².